The Labute approximate surface area is 142 Å². The number of pyridine rings is 1. The van der Waals surface area contributed by atoms with Crippen molar-refractivity contribution in [2.24, 2.45) is 5.92 Å². The zero-order valence-electron chi connectivity index (χ0n) is 15.4. The highest BCUT2D eigenvalue weighted by Crippen LogP contribution is 2.14. The molecule has 0 bridgehead atoms. The van der Waals surface area contributed by atoms with Gasteiger partial charge < -0.3 is 4.90 Å². The van der Waals surface area contributed by atoms with E-state index < -0.39 is 0 Å². The van der Waals surface area contributed by atoms with Crippen molar-refractivity contribution in [2.75, 3.05) is 32.7 Å². The lowest BCUT2D eigenvalue weighted by molar-refractivity contribution is 0.113. The van der Waals surface area contributed by atoms with E-state index in [0.29, 0.717) is 0 Å². The van der Waals surface area contributed by atoms with Crippen molar-refractivity contribution < 1.29 is 0 Å². The molecule has 0 spiro atoms. The van der Waals surface area contributed by atoms with Crippen LogP contribution in [0.4, 0.5) is 0 Å². The molecule has 23 heavy (non-hydrogen) atoms. The number of aryl methyl sites for hydroxylation is 1. The van der Waals surface area contributed by atoms with Crippen LogP contribution in [0.1, 0.15) is 44.9 Å². The van der Waals surface area contributed by atoms with Crippen LogP contribution in [0.2, 0.25) is 0 Å². The lowest BCUT2D eigenvalue weighted by Crippen LogP contribution is -2.47. The van der Waals surface area contributed by atoms with E-state index in [1.165, 1.54) is 49.3 Å². The van der Waals surface area contributed by atoms with E-state index >= 15 is 0 Å². The number of aromatic nitrogens is 1. The molecule has 0 aliphatic carbocycles. The minimum atomic E-state index is 0.787. The van der Waals surface area contributed by atoms with Gasteiger partial charge in [0.25, 0.3) is 0 Å². The fraction of sp³-hybridized carbons (Fsp3) is 0.650. The van der Waals surface area contributed by atoms with Crippen LogP contribution >= 0.6 is 0 Å². The second kappa shape index (κ2) is 9.19. The quantitative estimate of drug-likeness (QED) is 0.712. The van der Waals surface area contributed by atoms with Crippen LogP contribution in [0.3, 0.4) is 0 Å². The summed E-state index contributed by atoms with van der Waals surface area (Å²) in [5.41, 5.74) is 3.98. The Morgan fingerprint density at radius 2 is 1.91 bits per heavy atom. The molecule has 1 aromatic heterocycles. The van der Waals surface area contributed by atoms with Crippen molar-refractivity contribution in [3.05, 3.63) is 41.2 Å². The Morgan fingerprint density at radius 3 is 2.57 bits per heavy atom. The van der Waals surface area contributed by atoms with Crippen LogP contribution in [0.25, 0.3) is 0 Å². The molecule has 1 aromatic rings. The lowest BCUT2D eigenvalue weighted by Gasteiger charge is -2.36. The van der Waals surface area contributed by atoms with Gasteiger partial charge in [0.2, 0.25) is 0 Å². The molecule has 0 radical (unpaired) electrons. The van der Waals surface area contributed by atoms with Crippen LogP contribution in [0.15, 0.2) is 30.0 Å². The van der Waals surface area contributed by atoms with E-state index in [-0.39, 0.29) is 0 Å². The Balaban J connectivity index is 1.69. The fourth-order valence-corrected chi connectivity index (χ4v) is 3.21. The van der Waals surface area contributed by atoms with Gasteiger partial charge in [-0.05, 0) is 51.2 Å². The van der Waals surface area contributed by atoms with E-state index in [4.69, 9.17) is 0 Å². The predicted octanol–water partition coefficient (Wildman–Crippen LogP) is 3.89. The van der Waals surface area contributed by atoms with E-state index in [1.807, 2.05) is 12.3 Å². The summed E-state index contributed by atoms with van der Waals surface area (Å²) < 4.78 is 0. The van der Waals surface area contributed by atoms with Crippen LogP contribution in [0.5, 0.6) is 0 Å². The van der Waals surface area contributed by atoms with Crippen molar-refractivity contribution in [1.29, 1.82) is 0 Å². The van der Waals surface area contributed by atoms with Crippen LogP contribution < -0.4 is 0 Å². The maximum absolute atomic E-state index is 4.53. The monoisotopic (exact) mass is 315 g/mol. The van der Waals surface area contributed by atoms with Gasteiger partial charge in [0, 0.05) is 45.5 Å². The third-order valence-electron chi connectivity index (χ3n) is 4.74. The molecule has 1 fully saturated rings. The molecule has 1 saturated heterocycles. The first-order valence-corrected chi connectivity index (χ1v) is 9.03. The normalized spacial score (nSPS) is 17.9. The first kappa shape index (κ1) is 18.2. The van der Waals surface area contributed by atoms with Gasteiger partial charge >= 0.3 is 0 Å². The third-order valence-corrected chi connectivity index (χ3v) is 4.74. The number of nitrogens with zero attached hydrogens (tertiary/aromatic N) is 3. The van der Waals surface area contributed by atoms with Crippen molar-refractivity contribution in [1.82, 2.24) is 14.8 Å². The fourth-order valence-electron chi connectivity index (χ4n) is 3.21. The Kier molecular flexibility index (Phi) is 7.25. The number of allylic oxidation sites excluding steroid dienone is 2. The summed E-state index contributed by atoms with van der Waals surface area (Å²) in [4.78, 5) is 9.70. The molecular formula is C20H33N3. The van der Waals surface area contributed by atoms with Gasteiger partial charge in [0.15, 0.2) is 0 Å². The average molecular weight is 316 g/mol. The number of piperazine rings is 1. The summed E-state index contributed by atoms with van der Waals surface area (Å²) in [6, 6.07) is 4.18. The minimum absolute atomic E-state index is 0.787. The van der Waals surface area contributed by atoms with Crippen molar-refractivity contribution in [3.63, 3.8) is 0 Å². The van der Waals surface area contributed by atoms with Crippen molar-refractivity contribution >= 4 is 0 Å². The van der Waals surface area contributed by atoms with Crippen molar-refractivity contribution in [3.8, 4) is 0 Å². The second-order valence-corrected chi connectivity index (χ2v) is 7.31. The van der Waals surface area contributed by atoms with Gasteiger partial charge in [-0.25, -0.2) is 0 Å². The predicted molar refractivity (Wildman–Crippen MR) is 98.5 cm³/mol. The third kappa shape index (κ3) is 6.44. The zero-order chi connectivity index (χ0) is 16.7. The van der Waals surface area contributed by atoms with Gasteiger partial charge in [0.05, 0.1) is 5.69 Å². The zero-order valence-corrected chi connectivity index (χ0v) is 15.4. The molecule has 1 aliphatic rings. The van der Waals surface area contributed by atoms with Crippen LogP contribution in [-0.4, -0.2) is 47.5 Å². The number of hydrogen-bond acceptors (Lipinski definition) is 3. The van der Waals surface area contributed by atoms with Crippen molar-refractivity contribution in [2.45, 2.75) is 47.1 Å². The molecule has 0 N–H and O–H groups in total. The van der Waals surface area contributed by atoms with E-state index in [9.17, 15) is 0 Å². The molecular weight excluding hydrogens is 282 g/mol. The maximum Gasteiger partial charge on any atom is 0.0573 e. The molecule has 2 rings (SSSR count). The molecule has 2 heterocycles. The summed E-state index contributed by atoms with van der Waals surface area (Å²) in [5.74, 6) is 0.787. The summed E-state index contributed by atoms with van der Waals surface area (Å²) >= 11 is 0. The van der Waals surface area contributed by atoms with E-state index in [0.717, 1.165) is 25.6 Å². The number of hydrogen-bond donors (Lipinski definition) is 0. The summed E-state index contributed by atoms with van der Waals surface area (Å²) in [5, 5.41) is 0. The molecule has 0 amide bonds. The van der Waals surface area contributed by atoms with Gasteiger partial charge in [-0.3, -0.25) is 9.88 Å². The average Bonchev–Trinajstić information content (AvgIpc) is 2.51. The molecule has 3 nitrogen and oxygen atoms in total. The molecule has 128 valence electrons. The van der Waals surface area contributed by atoms with Gasteiger partial charge in [-0.1, -0.05) is 24.6 Å². The van der Waals surface area contributed by atoms with E-state index in [2.05, 4.69) is 54.6 Å². The standard InChI is InChI=1S/C20H33N3/c1-17(2)7-5-8-18(3)15-22-11-13-23(14-12-22)16-20-19(4)9-6-10-21-20/h6-7,9-10,18H,5,8,11-16H2,1-4H3/t18-/m1/s1. The largest absolute Gasteiger partial charge is 0.301 e. The summed E-state index contributed by atoms with van der Waals surface area (Å²) in [6.07, 6.45) is 6.80. The SMILES string of the molecule is CC(C)=CCC[C@@H](C)CN1CCN(Cc2ncccc2C)CC1. The molecule has 0 saturated carbocycles. The minimum Gasteiger partial charge on any atom is -0.301 e. The topological polar surface area (TPSA) is 19.4 Å². The summed E-state index contributed by atoms with van der Waals surface area (Å²) in [6.45, 7) is 15.9. The lowest BCUT2D eigenvalue weighted by atomic mass is 10.0. The molecule has 3 heteroatoms. The molecule has 1 atom stereocenters. The first-order chi connectivity index (χ1) is 11.0. The van der Waals surface area contributed by atoms with Gasteiger partial charge in [0.1, 0.15) is 0 Å². The van der Waals surface area contributed by atoms with Gasteiger partial charge in [-0.2, -0.15) is 0 Å². The van der Waals surface area contributed by atoms with Crippen LogP contribution in [0, 0.1) is 12.8 Å². The molecule has 1 aliphatic heterocycles. The Hall–Kier alpha value is -1.19. The highest BCUT2D eigenvalue weighted by atomic mass is 15.3. The smallest absolute Gasteiger partial charge is 0.0573 e. The Bertz CT molecular complexity index is 497. The number of rotatable bonds is 7. The first-order valence-electron chi connectivity index (χ1n) is 9.03. The Morgan fingerprint density at radius 1 is 1.22 bits per heavy atom. The highest BCUT2D eigenvalue weighted by molar-refractivity contribution is 5.17. The van der Waals surface area contributed by atoms with E-state index in [1.54, 1.807) is 0 Å². The van der Waals surface area contributed by atoms with Crippen LogP contribution in [-0.2, 0) is 6.54 Å². The molecule has 0 unspecified atom stereocenters. The highest BCUT2D eigenvalue weighted by Gasteiger charge is 2.19. The van der Waals surface area contributed by atoms with Gasteiger partial charge in [-0.15, -0.1) is 0 Å². The molecule has 0 aromatic carbocycles. The second-order valence-electron chi connectivity index (χ2n) is 7.31. The maximum atomic E-state index is 4.53. The summed E-state index contributed by atoms with van der Waals surface area (Å²) in [7, 11) is 0.